The number of hydrogen-bond donors (Lipinski definition) is 0. The first-order valence-corrected chi connectivity index (χ1v) is 5.29. The molecule has 1 spiro atoms. The van der Waals surface area contributed by atoms with Gasteiger partial charge in [-0.15, -0.1) is 0 Å². The van der Waals surface area contributed by atoms with Gasteiger partial charge in [0.1, 0.15) is 0 Å². The maximum atomic E-state index is 5.42. The molecule has 2 heteroatoms. The maximum Gasteiger partial charge on any atom is 0.0970 e. The second-order valence-corrected chi connectivity index (χ2v) is 5.54. The van der Waals surface area contributed by atoms with Crippen LogP contribution < -0.4 is 0 Å². The van der Waals surface area contributed by atoms with Gasteiger partial charge in [0.05, 0.1) is 18.3 Å². The molecule has 5 rings (SSSR count). The van der Waals surface area contributed by atoms with Crippen LogP contribution in [0.25, 0.3) is 0 Å². The lowest BCUT2D eigenvalue weighted by atomic mass is 9.64. The van der Waals surface area contributed by atoms with E-state index in [0.717, 1.165) is 29.7 Å². The van der Waals surface area contributed by atoms with Crippen molar-refractivity contribution in [1.82, 2.24) is 4.90 Å². The fraction of sp³-hybridized carbons (Fsp3) is 0.818. The standard InChI is InChI=1S/C11H13NO/c1-5(13-2)11-7-3-10(11)8(11)6-4-12(7)9(6)10/h6-9H,1,3-4H2,2H3. The van der Waals surface area contributed by atoms with Crippen LogP contribution in [0.3, 0.4) is 0 Å². The van der Waals surface area contributed by atoms with Gasteiger partial charge in [0, 0.05) is 24.0 Å². The molecule has 68 valence electrons. The van der Waals surface area contributed by atoms with Crippen molar-refractivity contribution in [2.45, 2.75) is 18.5 Å². The number of piperidine rings is 4. The molecule has 0 aromatic rings. The Balaban J connectivity index is 1.74. The van der Waals surface area contributed by atoms with Crippen molar-refractivity contribution in [2.75, 3.05) is 13.7 Å². The average molecular weight is 175 g/mol. The van der Waals surface area contributed by atoms with Crippen LogP contribution in [-0.2, 0) is 4.74 Å². The van der Waals surface area contributed by atoms with Gasteiger partial charge < -0.3 is 4.74 Å². The molecule has 0 aromatic carbocycles. The molecule has 5 fully saturated rings. The van der Waals surface area contributed by atoms with E-state index in [0.29, 0.717) is 10.8 Å². The minimum atomic E-state index is 0.468. The number of nitrogens with zero attached hydrogens (tertiary/aromatic N) is 1. The molecule has 0 N–H and O–H groups in total. The Hall–Kier alpha value is -0.500. The zero-order valence-corrected chi connectivity index (χ0v) is 7.79. The lowest BCUT2D eigenvalue weighted by molar-refractivity contribution is -0.0817. The Kier molecular flexibility index (Phi) is 0.561. The summed E-state index contributed by atoms with van der Waals surface area (Å²) in [6, 6.07) is 1.80. The van der Waals surface area contributed by atoms with Gasteiger partial charge in [-0.25, -0.2) is 0 Å². The average Bonchev–Trinajstić information content (AvgIpc) is 2.43. The van der Waals surface area contributed by atoms with Gasteiger partial charge >= 0.3 is 0 Å². The van der Waals surface area contributed by atoms with Crippen LogP contribution in [0.2, 0.25) is 0 Å². The SMILES string of the molecule is C=C(OC)C12C3CC14C1C(CN13)C42. The minimum absolute atomic E-state index is 0.468. The molecule has 2 heterocycles. The van der Waals surface area contributed by atoms with Crippen LogP contribution in [0.4, 0.5) is 0 Å². The van der Waals surface area contributed by atoms with Crippen LogP contribution in [-0.4, -0.2) is 30.6 Å². The maximum absolute atomic E-state index is 5.42. The van der Waals surface area contributed by atoms with Crippen LogP contribution in [0.5, 0.6) is 0 Å². The molecule has 2 bridgehead atoms. The third-order valence-electron chi connectivity index (χ3n) is 6.04. The predicted molar refractivity (Wildman–Crippen MR) is 46.9 cm³/mol. The van der Waals surface area contributed by atoms with E-state index in [4.69, 9.17) is 4.74 Å². The van der Waals surface area contributed by atoms with Crippen LogP contribution >= 0.6 is 0 Å². The summed E-state index contributed by atoms with van der Waals surface area (Å²) in [5.74, 6) is 3.13. The van der Waals surface area contributed by atoms with Crippen molar-refractivity contribution in [3.05, 3.63) is 12.3 Å². The van der Waals surface area contributed by atoms with Crippen molar-refractivity contribution >= 4 is 0 Å². The Morgan fingerprint density at radius 1 is 1.62 bits per heavy atom. The van der Waals surface area contributed by atoms with Gasteiger partial charge in [0.25, 0.3) is 0 Å². The zero-order valence-electron chi connectivity index (χ0n) is 7.79. The fourth-order valence-corrected chi connectivity index (χ4v) is 5.95. The molecule has 5 aliphatic rings. The lowest BCUT2D eigenvalue weighted by Gasteiger charge is -2.55. The van der Waals surface area contributed by atoms with Crippen molar-refractivity contribution in [3.63, 3.8) is 0 Å². The molecule has 0 radical (unpaired) electrons. The first-order chi connectivity index (χ1) is 6.30. The summed E-state index contributed by atoms with van der Waals surface area (Å²) in [6.07, 6.45) is 1.46. The monoisotopic (exact) mass is 175 g/mol. The van der Waals surface area contributed by atoms with E-state index in [1.165, 1.54) is 13.0 Å². The van der Waals surface area contributed by atoms with Gasteiger partial charge in [-0.3, -0.25) is 4.90 Å². The van der Waals surface area contributed by atoms with Crippen molar-refractivity contribution in [2.24, 2.45) is 22.7 Å². The summed E-state index contributed by atoms with van der Waals surface area (Å²) in [7, 11) is 1.79. The Morgan fingerprint density at radius 2 is 2.46 bits per heavy atom. The number of hydrogen-bond acceptors (Lipinski definition) is 2. The molecule has 3 saturated carbocycles. The van der Waals surface area contributed by atoms with Crippen LogP contribution in [0.15, 0.2) is 12.3 Å². The van der Waals surface area contributed by atoms with Gasteiger partial charge in [-0.05, 0) is 18.3 Å². The molecular formula is C11H13NO. The van der Waals surface area contributed by atoms with Crippen LogP contribution in [0.1, 0.15) is 6.42 Å². The molecule has 0 aromatic heterocycles. The predicted octanol–water partition coefficient (Wildman–Crippen LogP) is 0.849. The number of fused-ring (bicyclic) bond motifs is 2. The molecule has 3 aliphatic carbocycles. The quantitative estimate of drug-likeness (QED) is 0.577. The molecule has 2 nitrogen and oxygen atoms in total. The highest BCUT2D eigenvalue weighted by atomic mass is 16.5. The van der Waals surface area contributed by atoms with E-state index in [9.17, 15) is 0 Å². The summed E-state index contributed by atoms with van der Waals surface area (Å²) in [5, 5.41) is 0. The summed E-state index contributed by atoms with van der Waals surface area (Å²) < 4.78 is 5.42. The normalized spacial score (nSPS) is 73.0. The molecular weight excluding hydrogens is 162 g/mol. The summed E-state index contributed by atoms with van der Waals surface area (Å²) >= 11 is 0. The van der Waals surface area contributed by atoms with E-state index >= 15 is 0 Å². The van der Waals surface area contributed by atoms with Gasteiger partial charge in [0.15, 0.2) is 0 Å². The van der Waals surface area contributed by atoms with Gasteiger partial charge in [-0.2, -0.15) is 0 Å². The highest BCUT2D eigenvalue weighted by molar-refractivity contribution is 5.59. The van der Waals surface area contributed by atoms with Crippen molar-refractivity contribution in [1.29, 1.82) is 0 Å². The molecule has 2 aliphatic heterocycles. The van der Waals surface area contributed by atoms with E-state index in [2.05, 4.69) is 11.5 Å². The lowest BCUT2D eigenvalue weighted by Crippen LogP contribution is -2.64. The first-order valence-electron chi connectivity index (χ1n) is 5.29. The smallest absolute Gasteiger partial charge is 0.0970 e. The third kappa shape index (κ3) is 0.257. The largest absolute Gasteiger partial charge is 0.501 e. The Morgan fingerprint density at radius 3 is 3.00 bits per heavy atom. The topological polar surface area (TPSA) is 12.5 Å². The van der Waals surface area contributed by atoms with E-state index in [1.807, 2.05) is 0 Å². The Labute approximate surface area is 77.5 Å². The van der Waals surface area contributed by atoms with Gasteiger partial charge in [0.2, 0.25) is 0 Å². The zero-order chi connectivity index (χ0) is 8.59. The van der Waals surface area contributed by atoms with Crippen LogP contribution in [0, 0.1) is 22.7 Å². The van der Waals surface area contributed by atoms with Crippen molar-refractivity contribution < 1.29 is 4.74 Å². The summed E-state index contributed by atoms with van der Waals surface area (Å²) in [4.78, 5) is 2.72. The van der Waals surface area contributed by atoms with Crippen molar-refractivity contribution in [3.8, 4) is 0 Å². The molecule has 6 unspecified atom stereocenters. The number of rotatable bonds is 2. The van der Waals surface area contributed by atoms with E-state index in [-0.39, 0.29) is 0 Å². The fourth-order valence-electron chi connectivity index (χ4n) is 5.95. The number of ether oxygens (including phenoxy) is 1. The third-order valence-corrected chi connectivity index (χ3v) is 6.04. The minimum Gasteiger partial charge on any atom is -0.501 e. The second-order valence-electron chi connectivity index (χ2n) is 5.54. The number of methoxy groups -OCH3 is 1. The summed E-state index contributed by atoms with van der Waals surface area (Å²) in [5.41, 5.74) is 1.17. The summed E-state index contributed by atoms with van der Waals surface area (Å²) in [6.45, 7) is 5.52. The molecule has 13 heavy (non-hydrogen) atoms. The highest BCUT2D eigenvalue weighted by Crippen LogP contribution is 3.02. The van der Waals surface area contributed by atoms with E-state index in [1.54, 1.807) is 7.11 Å². The highest BCUT2D eigenvalue weighted by Gasteiger charge is 3.07. The van der Waals surface area contributed by atoms with E-state index < -0.39 is 0 Å². The Bertz CT molecular complexity index is 374. The molecule has 0 amide bonds. The molecule has 2 saturated heterocycles. The first kappa shape index (κ1) is 6.07. The van der Waals surface area contributed by atoms with Gasteiger partial charge in [-0.1, -0.05) is 6.58 Å². The molecule has 6 atom stereocenters. The second kappa shape index (κ2) is 1.20.